The number of fused-ring (bicyclic) bond motifs is 3. The zero-order valence-electron chi connectivity index (χ0n) is 20.1. The Kier molecular flexibility index (Phi) is 7.68. The van der Waals surface area contributed by atoms with Crippen LogP contribution < -0.4 is 20.1 Å². The Bertz CT molecular complexity index is 1280. The van der Waals surface area contributed by atoms with E-state index < -0.39 is 38.7 Å². The number of amides is 2. The molecule has 37 heavy (non-hydrogen) atoms. The zero-order valence-corrected chi connectivity index (χ0v) is 21.7. The van der Waals surface area contributed by atoms with Gasteiger partial charge in [0.25, 0.3) is 11.8 Å². The fourth-order valence-electron chi connectivity index (χ4n) is 4.95. The molecule has 200 valence electrons. The molecule has 0 aromatic heterocycles. The third kappa shape index (κ3) is 6.34. The Labute approximate surface area is 219 Å². The fourth-order valence-corrected chi connectivity index (χ4v) is 5.70. The molecule has 3 aliphatic rings. The molecule has 3 N–H and O–H groups in total. The minimum atomic E-state index is -3.32. The van der Waals surface area contributed by atoms with Gasteiger partial charge in [-0.15, -0.1) is 0 Å². The molecule has 3 aliphatic carbocycles. The maximum absolute atomic E-state index is 13.6. The standard InChI is InChI=1S/C25H28ClFN2O7S/c1-37(33,34)18-5-2-16(3-6-18)35-14-22(31)28-24-8-10-25(11-9-24,21(30)13-24)29-23(32)15-36-17-4-7-19(26)20(27)12-17/h2-7,12,21,30H,8-11,13-15H2,1H3,(H,28,31)(H,29,32)/t21-,24?,25?/m0/s1. The lowest BCUT2D eigenvalue weighted by molar-refractivity contribution is -0.137. The average molecular weight is 555 g/mol. The van der Waals surface area contributed by atoms with Crippen LogP contribution in [0.5, 0.6) is 11.5 Å². The number of aliphatic hydroxyl groups excluding tert-OH is 1. The molecule has 0 unspecified atom stereocenters. The Balaban J connectivity index is 1.27. The van der Waals surface area contributed by atoms with Crippen molar-refractivity contribution in [3.63, 3.8) is 0 Å². The number of ether oxygens (including phenoxy) is 2. The number of hydrogen-bond acceptors (Lipinski definition) is 7. The highest BCUT2D eigenvalue weighted by atomic mass is 35.5. The van der Waals surface area contributed by atoms with Crippen LogP contribution >= 0.6 is 11.6 Å². The van der Waals surface area contributed by atoms with Gasteiger partial charge in [-0.2, -0.15) is 0 Å². The van der Waals surface area contributed by atoms with Crippen LogP contribution in [0.3, 0.4) is 0 Å². The van der Waals surface area contributed by atoms with Crippen LogP contribution in [0.2, 0.25) is 5.02 Å². The van der Waals surface area contributed by atoms with Crippen LogP contribution in [0.4, 0.5) is 4.39 Å². The highest BCUT2D eigenvalue weighted by Crippen LogP contribution is 2.47. The first kappa shape index (κ1) is 27.2. The lowest BCUT2D eigenvalue weighted by Crippen LogP contribution is -2.70. The molecule has 2 aromatic rings. The van der Waals surface area contributed by atoms with Crippen molar-refractivity contribution >= 4 is 33.3 Å². The van der Waals surface area contributed by atoms with Gasteiger partial charge in [0.1, 0.15) is 17.3 Å². The van der Waals surface area contributed by atoms with Gasteiger partial charge < -0.3 is 25.2 Å². The van der Waals surface area contributed by atoms with E-state index in [-0.39, 0.29) is 41.2 Å². The molecule has 2 amide bonds. The van der Waals surface area contributed by atoms with Crippen LogP contribution in [0.1, 0.15) is 32.1 Å². The summed E-state index contributed by atoms with van der Waals surface area (Å²) in [6, 6.07) is 9.67. The number of aliphatic hydroxyl groups is 1. The van der Waals surface area contributed by atoms with E-state index in [0.717, 1.165) is 12.3 Å². The Morgan fingerprint density at radius 2 is 1.57 bits per heavy atom. The number of carbonyl (C=O) groups excluding carboxylic acids is 2. The molecule has 0 aliphatic heterocycles. The molecule has 2 bridgehead atoms. The maximum Gasteiger partial charge on any atom is 0.258 e. The summed E-state index contributed by atoms with van der Waals surface area (Å²) in [6.45, 7) is -0.611. The van der Waals surface area contributed by atoms with Crippen LogP contribution in [0.25, 0.3) is 0 Å². The predicted octanol–water partition coefficient (Wildman–Crippen LogP) is 2.39. The molecular formula is C25H28ClFN2O7S. The van der Waals surface area contributed by atoms with Gasteiger partial charge in [-0.3, -0.25) is 9.59 Å². The maximum atomic E-state index is 13.6. The summed E-state index contributed by atoms with van der Waals surface area (Å²) in [5, 5.41) is 16.7. The van der Waals surface area contributed by atoms with Crippen LogP contribution in [-0.2, 0) is 19.4 Å². The summed E-state index contributed by atoms with van der Waals surface area (Å²) in [6.07, 6.45) is 2.54. The van der Waals surface area contributed by atoms with Crippen molar-refractivity contribution in [3.05, 3.63) is 53.3 Å². The molecule has 5 rings (SSSR count). The summed E-state index contributed by atoms with van der Waals surface area (Å²) in [5.41, 5.74) is -1.43. The monoisotopic (exact) mass is 554 g/mol. The number of rotatable bonds is 9. The van der Waals surface area contributed by atoms with Crippen LogP contribution in [-0.4, -0.2) is 62.0 Å². The van der Waals surface area contributed by atoms with E-state index in [0.29, 0.717) is 31.4 Å². The Hall–Kier alpha value is -2.89. The number of carbonyl (C=O) groups is 2. The quantitative estimate of drug-likeness (QED) is 0.434. The molecule has 0 spiro atoms. The van der Waals surface area contributed by atoms with E-state index in [1.807, 2.05) is 0 Å². The predicted molar refractivity (Wildman–Crippen MR) is 133 cm³/mol. The third-order valence-corrected chi connectivity index (χ3v) is 8.43. The topological polar surface area (TPSA) is 131 Å². The number of hydrogen-bond donors (Lipinski definition) is 3. The Morgan fingerprint density at radius 1 is 1.00 bits per heavy atom. The van der Waals surface area contributed by atoms with E-state index in [4.69, 9.17) is 21.1 Å². The van der Waals surface area contributed by atoms with Crippen LogP contribution in [0, 0.1) is 5.82 Å². The lowest BCUT2D eigenvalue weighted by atomic mass is 9.60. The number of halogens is 2. The number of sulfone groups is 1. The first-order chi connectivity index (χ1) is 17.4. The molecule has 3 fully saturated rings. The molecule has 3 saturated carbocycles. The minimum absolute atomic E-state index is 0.0476. The molecular weight excluding hydrogens is 527 g/mol. The second kappa shape index (κ2) is 10.5. The SMILES string of the molecule is CS(=O)(=O)c1ccc(OCC(=O)NC23CCC(NC(=O)COc4ccc(Cl)c(F)c4)(CC2)[C@@H](O)C3)cc1. The van der Waals surface area contributed by atoms with Gasteiger partial charge in [0.05, 0.1) is 21.6 Å². The number of benzene rings is 2. The summed E-state index contributed by atoms with van der Waals surface area (Å²) in [4.78, 5) is 25.3. The van der Waals surface area contributed by atoms with Crippen molar-refractivity contribution in [1.29, 1.82) is 0 Å². The van der Waals surface area contributed by atoms with Crippen LogP contribution in [0.15, 0.2) is 47.4 Å². The first-order valence-corrected chi connectivity index (χ1v) is 14.0. The van der Waals surface area contributed by atoms with Gasteiger partial charge in [0, 0.05) is 17.9 Å². The van der Waals surface area contributed by atoms with E-state index in [1.165, 1.54) is 36.4 Å². The van der Waals surface area contributed by atoms with Gasteiger partial charge >= 0.3 is 0 Å². The van der Waals surface area contributed by atoms with Gasteiger partial charge in [0.2, 0.25) is 0 Å². The van der Waals surface area contributed by atoms with Crippen molar-refractivity contribution < 1.29 is 37.0 Å². The molecule has 2 aromatic carbocycles. The van der Waals surface area contributed by atoms with Crippen molar-refractivity contribution in [2.45, 2.75) is 54.2 Å². The van der Waals surface area contributed by atoms with Gasteiger partial charge in [-0.05, 0) is 68.5 Å². The smallest absolute Gasteiger partial charge is 0.258 e. The average Bonchev–Trinajstić information content (AvgIpc) is 2.84. The van der Waals surface area contributed by atoms with Crippen molar-refractivity contribution in [2.75, 3.05) is 19.5 Å². The minimum Gasteiger partial charge on any atom is -0.484 e. The second-order valence-corrected chi connectivity index (χ2v) is 12.1. The fraction of sp³-hybridized carbons (Fsp3) is 0.440. The first-order valence-electron chi connectivity index (χ1n) is 11.7. The summed E-state index contributed by atoms with van der Waals surface area (Å²) < 4.78 is 47.5. The molecule has 0 heterocycles. The molecule has 1 atom stereocenters. The summed E-state index contributed by atoms with van der Waals surface area (Å²) in [5.74, 6) is -0.929. The van der Waals surface area contributed by atoms with Crippen molar-refractivity contribution in [1.82, 2.24) is 10.6 Å². The normalized spacial score (nSPS) is 24.8. The van der Waals surface area contributed by atoms with Gasteiger partial charge in [-0.1, -0.05) is 11.6 Å². The van der Waals surface area contributed by atoms with E-state index in [9.17, 15) is 27.5 Å². The van der Waals surface area contributed by atoms with Crippen molar-refractivity contribution in [3.8, 4) is 11.5 Å². The molecule has 0 saturated heterocycles. The van der Waals surface area contributed by atoms with E-state index in [1.54, 1.807) is 0 Å². The summed E-state index contributed by atoms with van der Waals surface area (Å²) >= 11 is 5.65. The van der Waals surface area contributed by atoms with E-state index >= 15 is 0 Å². The largest absolute Gasteiger partial charge is 0.484 e. The molecule has 9 nitrogen and oxygen atoms in total. The number of nitrogens with one attached hydrogen (secondary N) is 2. The second-order valence-electron chi connectivity index (χ2n) is 9.65. The molecule has 0 radical (unpaired) electrons. The van der Waals surface area contributed by atoms with Gasteiger partial charge in [-0.25, -0.2) is 12.8 Å². The lowest BCUT2D eigenvalue weighted by Gasteiger charge is -2.56. The summed E-state index contributed by atoms with van der Waals surface area (Å²) in [7, 11) is -3.32. The van der Waals surface area contributed by atoms with Gasteiger partial charge in [0.15, 0.2) is 23.1 Å². The third-order valence-electron chi connectivity index (χ3n) is 7.00. The molecule has 12 heteroatoms. The highest BCUT2D eigenvalue weighted by molar-refractivity contribution is 7.90. The highest BCUT2D eigenvalue weighted by Gasteiger charge is 2.55. The van der Waals surface area contributed by atoms with E-state index in [2.05, 4.69) is 10.6 Å². The zero-order chi connectivity index (χ0) is 26.8. The van der Waals surface area contributed by atoms with Crippen molar-refractivity contribution in [2.24, 2.45) is 0 Å². The Morgan fingerprint density at radius 3 is 2.14 bits per heavy atom.